The van der Waals surface area contributed by atoms with Crippen molar-refractivity contribution in [2.24, 2.45) is 0 Å². The Morgan fingerprint density at radius 1 is 1.47 bits per heavy atom. The zero-order chi connectivity index (χ0) is 12.9. The molecule has 0 bridgehead atoms. The molecule has 0 fully saturated rings. The molecule has 0 spiro atoms. The van der Waals surface area contributed by atoms with E-state index >= 15 is 0 Å². The van der Waals surface area contributed by atoms with Crippen molar-refractivity contribution < 1.29 is 9.53 Å². The lowest BCUT2D eigenvalue weighted by molar-refractivity contribution is -0.152. The summed E-state index contributed by atoms with van der Waals surface area (Å²) in [5.74, 6) is -0.221. The zero-order valence-corrected chi connectivity index (χ0v) is 10.9. The Bertz CT molecular complexity index is 363. The second kappa shape index (κ2) is 5.77. The van der Waals surface area contributed by atoms with Crippen LogP contribution in [0.25, 0.3) is 0 Å². The number of likely N-dealkylation sites (N-methyl/N-ethyl adjacent to an activating group) is 1. The molecule has 0 unspecified atom stereocenters. The smallest absolute Gasteiger partial charge is 0.325 e. The molecule has 17 heavy (non-hydrogen) atoms. The number of pyridine rings is 1. The van der Waals surface area contributed by atoms with Crippen molar-refractivity contribution in [1.29, 1.82) is 0 Å². The van der Waals surface area contributed by atoms with E-state index in [2.05, 4.69) is 4.98 Å². The van der Waals surface area contributed by atoms with Crippen molar-refractivity contribution in [2.45, 2.75) is 25.8 Å². The largest absolute Gasteiger partial charge is 0.468 e. The zero-order valence-electron chi connectivity index (χ0n) is 10.9. The Labute approximate surface area is 103 Å². The molecule has 0 aromatic carbocycles. The SMILES string of the molecule is COC(=O)C(C)(C)N(C)CCc1ccccn1. The molecule has 1 heterocycles. The molecular formula is C13H20N2O2. The van der Waals surface area contributed by atoms with Crippen LogP contribution >= 0.6 is 0 Å². The first kappa shape index (κ1) is 13.6. The van der Waals surface area contributed by atoms with Gasteiger partial charge in [-0.15, -0.1) is 0 Å². The molecule has 0 aliphatic heterocycles. The Hall–Kier alpha value is -1.42. The molecule has 1 aromatic heterocycles. The van der Waals surface area contributed by atoms with Crippen LogP contribution in [0.15, 0.2) is 24.4 Å². The molecule has 0 amide bonds. The Morgan fingerprint density at radius 3 is 2.71 bits per heavy atom. The van der Waals surface area contributed by atoms with Crippen LogP contribution in [0.4, 0.5) is 0 Å². The maximum Gasteiger partial charge on any atom is 0.325 e. The van der Waals surface area contributed by atoms with E-state index in [0.29, 0.717) is 0 Å². The molecule has 94 valence electrons. The number of hydrogen-bond acceptors (Lipinski definition) is 4. The van der Waals surface area contributed by atoms with Crippen LogP contribution in [0.1, 0.15) is 19.5 Å². The predicted molar refractivity (Wildman–Crippen MR) is 66.7 cm³/mol. The van der Waals surface area contributed by atoms with Crippen molar-refractivity contribution in [3.05, 3.63) is 30.1 Å². The van der Waals surface area contributed by atoms with Gasteiger partial charge in [-0.3, -0.25) is 14.7 Å². The molecule has 0 radical (unpaired) electrons. The van der Waals surface area contributed by atoms with E-state index in [9.17, 15) is 4.79 Å². The molecule has 0 N–H and O–H groups in total. The number of methoxy groups -OCH3 is 1. The fraction of sp³-hybridized carbons (Fsp3) is 0.538. The Morgan fingerprint density at radius 2 is 2.18 bits per heavy atom. The molecule has 0 atom stereocenters. The van der Waals surface area contributed by atoms with Crippen molar-refractivity contribution in [3.8, 4) is 0 Å². The summed E-state index contributed by atoms with van der Waals surface area (Å²) in [6.07, 6.45) is 2.60. The fourth-order valence-electron chi connectivity index (χ4n) is 1.51. The van der Waals surface area contributed by atoms with Gasteiger partial charge in [0.25, 0.3) is 0 Å². The molecule has 0 saturated carbocycles. The highest BCUT2D eigenvalue weighted by Crippen LogP contribution is 2.14. The number of carbonyl (C=O) groups excluding carboxylic acids is 1. The summed E-state index contributed by atoms with van der Waals surface area (Å²) in [4.78, 5) is 17.8. The number of carbonyl (C=O) groups is 1. The fourth-order valence-corrected chi connectivity index (χ4v) is 1.51. The first-order valence-corrected chi connectivity index (χ1v) is 5.68. The van der Waals surface area contributed by atoms with Crippen molar-refractivity contribution in [1.82, 2.24) is 9.88 Å². The van der Waals surface area contributed by atoms with Crippen molar-refractivity contribution >= 4 is 5.97 Å². The quantitative estimate of drug-likeness (QED) is 0.727. The van der Waals surface area contributed by atoms with Crippen LogP contribution < -0.4 is 0 Å². The highest BCUT2D eigenvalue weighted by molar-refractivity contribution is 5.79. The van der Waals surface area contributed by atoms with Crippen molar-refractivity contribution in [2.75, 3.05) is 20.7 Å². The van der Waals surface area contributed by atoms with Gasteiger partial charge in [-0.1, -0.05) is 6.07 Å². The van der Waals surface area contributed by atoms with E-state index < -0.39 is 5.54 Å². The summed E-state index contributed by atoms with van der Waals surface area (Å²) >= 11 is 0. The summed E-state index contributed by atoms with van der Waals surface area (Å²) in [5.41, 5.74) is 0.420. The van der Waals surface area contributed by atoms with Gasteiger partial charge in [-0.2, -0.15) is 0 Å². The standard InChI is InChI=1S/C13H20N2O2/c1-13(2,12(16)17-4)15(3)10-8-11-7-5-6-9-14-11/h5-7,9H,8,10H2,1-4H3. The number of esters is 1. The van der Waals surface area contributed by atoms with Crippen LogP contribution in [0, 0.1) is 0 Å². The van der Waals surface area contributed by atoms with E-state index in [1.54, 1.807) is 6.20 Å². The van der Waals surface area contributed by atoms with Gasteiger partial charge in [0.05, 0.1) is 7.11 Å². The van der Waals surface area contributed by atoms with E-state index in [0.717, 1.165) is 18.7 Å². The first-order chi connectivity index (χ1) is 7.98. The normalized spacial score (nSPS) is 11.6. The lowest BCUT2D eigenvalue weighted by Gasteiger charge is -2.32. The minimum atomic E-state index is -0.608. The molecule has 0 saturated heterocycles. The number of rotatable bonds is 5. The van der Waals surface area contributed by atoms with E-state index in [4.69, 9.17) is 4.74 Å². The summed E-state index contributed by atoms with van der Waals surface area (Å²) in [5, 5.41) is 0. The summed E-state index contributed by atoms with van der Waals surface area (Å²) < 4.78 is 4.79. The lowest BCUT2D eigenvalue weighted by atomic mass is 10.0. The molecule has 1 aromatic rings. The van der Waals surface area contributed by atoms with Gasteiger partial charge < -0.3 is 4.74 Å². The minimum absolute atomic E-state index is 0.221. The van der Waals surface area contributed by atoms with Crippen LogP contribution in [-0.4, -0.2) is 42.1 Å². The molecule has 0 aliphatic rings. The molecule has 0 aliphatic carbocycles. The van der Waals surface area contributed by atoms with Gasteiger partial charge in [0.1, 0.15) is 5.54 Å². The van der Waals surface area contributed by atoms with Gasteiger partial charge in [0.2, 0.25) is 0 Å². The van der Waals surface area contributed by atoms with Crippen molar-refractivity contribution in [3.63, 3.8) is 0 Å². The lowest BCUT2D eigenvalue weighted by Crippen LogP contribution is -2.49. The summed E-state index contributed by atoms with van der Waals surface area (Å²) in [7, 11) is 3.33. The second-order valence-corrected chi connectivity index (χ2v) is 4.54. The maximum absolute atomic E-state index is 11.6. The second-order valence-electron chi connectivity index (χ2n) is 4.54. The molecule has 4 nitrogen and oxygen atoms in total. The highest BCUT2D eigenvalue weighted by atomic mass is 16.5. The van der Waals surface area contributed by atoms with E-state index in [1.807, 2.05) is 44.0 Å². The van der Waals surface area contributed by atoms with E-state index in [-0.39, 0.29) is 5.97 Å². The van der Waals surface area contributed by atoms with Gasteiger partial charge >= 0.3 is 5.97 Å². The highest BCUT2D eigenvalue weighted by Gasteiger charge is 2.32. The average molecular weight is 236 g/mol. The third-order valence-electron chi connectivity index (χ3n) is 3.07. The minimum Gasteiger partial charge on any atom is -0.468 e. The molecule has 1 rings (SSSR count). The summed E-state index contributed by atoms with van der Waals surface area (Å²) in [6, 6.07) is 5.85. The van der Waals surface area contributed by atoms with Crippen LogP contribution in [0.5, 0.6) is 0 Å². The van der Waals surface area contributed by atoms with Gasteiger partial charge in [-0.05, 0) is 33.0 Å². The number of hydrogen-bond donors (Lipinski definition) is 0. The first-order valence-electron chi connectivity index (χ1n) is 5.68. The number of nitrogens with zero attached hydrogens (tertiary/aromatic N) is 2. The van der Waals surface area contributed by atoms with Gasteiger partial charge in [0, 0.05) is 24.9 Å². The van der Waals surface area contributed by atoms with Gasteiger partial charge in [0.15, 0.2) is 0 Å². The van der Waals surface area contributed by atoms with Gasteiger partial charge in [-0.25, -0.2) is 0 Å². The number of ether oxygens (including phenoxy) is 1. The molecular weight excluding hydrogens is 216 g/mol. The maximum atomic E-state index is 11.6. The average Bonchev–Trinajstić information content (AvgIpc) is 2.35. The Balaban J connectivity index is 2.55. The predicted octanol–water partition coefficient (Wildman–Crippen LogP) is 1.51. The van der Waals surface area contributed by atoms with Crippen LogP contribution in [0.3, 0.4) is 0 Å². The monoisotopic (exact) mass is 236 g/mol. The van der Waals surface area contributed by atoms with Crippen LogP contribution in [-0.2, 0) is 16.0 Å². The third-order valence-corrected chi connectivity index (χ3v) is 3.07. The molecule has 4 heteroatoms. The van der Waals surface area contributed by atoms with Crippen LogP contribution in [0.2, 0.25) is 0 Å². The summed E-state index contributed by atoms with van der Waals surface area (Å²) in [6.45, 7) is 4.48. The third kappa shape index (κ3) is 3.53. The van der Waals surface area contributed by atoms with E-state index in [1.165, 1.54) is 7.11 Å². The number of aromatic nitrogens is 1. The topological polar surface area (TPSA) is 42.4 Å². The Kier molecular flexibility index (Phi) is 4.63.